The first-order valence-corrected chi connectivity index (χ1v) is 8.01. The molecule has 3 heterocycles. The van der Waals surface area contributed by atoms with Crippen molar-refractivity contribution in [3.05, 3.63) is 34.3 Å². The molecular weight excluding hydrogens is 286 g/mol. The number of hydrogen-bond acceptors (Lipinski definition) is 5. The molecule has 1 N–H and O–H groups in total. The van der Waals surface area contributed by atoms with Crippen LogP contribution in [0, 0.1) is 6.92 Å². The molecule has 0 unspecified atom stereocenters. The predicted octanol–water partition coefficient (Wildman–Crippen LogP) is 1.52. The largest absolute Gasteiger partial charge is 0.341 e. The van der Waals surface area contributed by atoms with Gasteiger partial charge in [-0.15, -0.1) is 11.3 Å². The summed E-state index contributed by atoms with van der Waals surface area (Å²) in [5.74, 6) is 0.0406. The molecule has 3 rings (SSSR count). The maximum Gasteiger partial charge on any atom is 0.271 e. The quantitative estimate of drug-likeness (QED) is 0.934. The molecule has 0 saturated carbocycles. The highest BCUT2D eigenvalue weighted by Gasteiger charge is 2.21. The summed E-state index contributed by atoms with van der Waals surface area (Å²) in [6.45, 7) is 6.34. The van der Waals surface area contributed by atoms with E-state index in [1.165, 1.54) is 0 Å². The van der Waals surface area contributed by atoms with Gasteiger partial charge in [0.1, 0.15) is 5.69 Å². The number of aromatic amines is 1. The Balaban J connectivity index is 1.58. The zero-order valence-corrected chi connectivity index (χ0v) is 12.9. The molecule has 1 saturated heterocycles. The Morgan fingerprint density at radius 3 is 3.00 bits per heavy atom. The lowest BCUT2D eigenvalue weighted by Crippen LogP contribution is -2.35. The Bertz CT molecular complexity index is 594. The van der Waals surface area contributed by atoms with Crippen molar-refractivity contribution >= 4 is 17.2 Å². The van der Waals surface area contributed by atoms with Crippen molar-refractivity contribution in [2.24, 2.45) is 0 Å². The zero-order chi connectivity index (χ0) is 14.7. The van der Waals surface area contributed by atoms with E-state index in [1.54, 1.807) is 23.9 Å². The lowest BCUT2D eigenvalue weighted by atomic mass is 10.3. The monoisotopic (exact) mass is 305 g/mol. The summed E-state index contributed by atoms with van der Waals surface area (Å²) in [6.07, 6.45) is 4.12. The minimum Gasteiger partial charge on any atom is -0.341 e. The molecule has 0 aliphatic carbocycles. The number of nitrogens with zero attached hydrogens (tertiary/aromatic N) is 4. The lowest BCUT2D eigenvalue weighted by Gasteiger charge is -2.21. The average molecular weight is 305 g/mol. The molecule has 0 bridgehead atoms. The van der Waals surface area contributed by atoms with Crippen LogP contribution in [0.25, 0.3) is 0 Å². The molecule has 1 aliphatic rings. The van der Waals surface area contributed by atoms with E-state index in [1.807, 2.05) is 11.8 Å². The molecule has 2 aromatic rings. The van der Waals surface area contributed by atoms with E-state index in [-0.39, 0.29) is 5.91 Å². The van der Waals surface area contributed by atoms with Gasteiger partial charge in [-0.2, -0.15) is 0 Å². The Morgan fingerprint density at radius 1 is 1.38 bits per heavy atom. The molecule has 1 amide bonds. The van der Waals surface area contributed by atoms with Gasteiger partial charge in [0.25, 0.3) is 5.91 Å². The fourth-order valence-corrected chi connectivity index (χ4v) is 3.19. The Morgan fingerprint density at radius 2 is 2.29 bits per heavy atom. The topological polar surface area (TPSA) is 65.1 Å². The van der Waals surface area contributed by atoms with Crippen LogP contribution in [0.4, 0.5) is 0 Å². The molecule has 0 aromatic carbocycles. The third-order valence-corrected chi connectivity index (χ3v) is 4.48. The van der Waals surface area contributed by atoms with Crippen molar-refractivity contribution in [3.63, 3.8) is 0 Å². The van der Waals surface area contributed by atoms with Crippen molar-refractivity contribution in [1.82, 2.24) is 24.8 Å². The standard InChI is InChI=1S/C14H19N5OS/c1-11-17-12(9-21-11)8-18-3-2-4-19(6-5-18)14(20)13-7-15-10-16-13/h7,9-10H,2-6,8H2,1H3,(H,15,16). The number of H-pyrrole nitrogens is 1. The molecule has 6 nitrogen and oxygen atoms in total. The minimum absolute atomic E-state index is 0.0406. The van der Waals surface area contributed by atoms with Crippen LogP contribution < -0.4 is 0 Å². The third-order valence-electron chi connectivity index (χ3n) is 3.66. The first-order valence-electron chi connectivity index (χ1n) is 7.13. The number of aryl methyl sites for hydroxylation is 1. The SMILES string of the molecule is Cc1nc(CN2CCCN(C(=O)c3cnc[nH]3)CC2)cs1. The molecule has 1 aliphatic heterocycles. The van der Waals surface area contributed by atoms with Crippen LogP contribution in [0.3, 0.4) is 0 Å². The first kappa shape index (κ1) is 14.2. The van der Waals surface area contributed by atoms with Crippen LogP contribution in [0.1, 0.15) is 27.6 Å². The van der Waals surface area contributed by atoms with Gasteiger partial charge in [-0.1, -0.05) is 0 Å². The van der Waals surface area contributed by atoms with Crippen LogP contribution in [-0.2, 0) is 6.54 Å². The number of amides is 1. The second-order valence-electron chi connectivity index (χ2n) is 5.25. The highest BCUT2D eigenvalue weighted by Crippen LogP contribution is 2.13. The molecule has 2 aromatic heterocycles. The molecule has 0 spiro atoms. The van der Waals surface area contributed by atoms with Crippen LogP contribution in [0.15, 0.2) is 17.9 Å². The Hall–Kier alpha value is -1.73. The molecule has 7 heteroatoms. The van der Waals surface area contributed by atoms with E-state index in [0.29, 0.717) is 5.69 Å². The summed E-state index contributed by atoms with van der Waals surface area (Å²) >= 11 is 1.69. The smallest absolute Gasteiger partial charge is 0.271 e. The van der Waals surface area contributed by atoms with Crippen molar-refractivity contribution < 1.29 is 4.79 Å². The number of carbonyl (C=O) groups excluding carboxylic acids is 1. The van der Waals surface area contributed by atoms with Crippen molar-refractivity contribution in [3.8, 4) is 0 Å². The van der Waals surface area contributed by atoms with E-state index in [9.17, 15) is 4.79 Å². The summed E-state index contributed by atoms with van der Waals surface area (Å²) in [5, 5.41) is 3.23. The minimum atomic E-state index is 0.0406. The number of rotatable bonds is 3. The summed E-state index contributed by atoms with van der Waals surface area (Å²) < 4.78 is 0. The fraction of sp³-hybridized carbons (Fsp3) is 0.500. The first-order chi connectivity index (χ1) is 10.2. The summed E-state index contributed by atoms with van der Waals surface area (Å²) in [6, 6.07) is 0. The molecule has 112 valence electrons. The zero-order valence-electron chi connectivity index (χ0n) is 12.1. The maximum absolute atomic E-state index is 12.3. The van der Waals surface area contributed by atoms with Gasteiger partial charge in [0, 0.05) is 38.1 Å². The van der Waals surface area contributed by atoms with Gasteiger partial charge in [-0.3, -0.25) is 9.69 Å². The van der Waals surface area contributed by atoms with Gasteiger partial charge < -0.3 is 9.88 Å². The lowest BCUT2D eigenvalue weighted by molar-refractivity contribution is 0.0756. The van der Waals surface area contributed by atoms with E-state index in [2.05, 4.69) is 25.2 Å². The third kappa shape index (κ3) is 3.48. The van der Waals surface area contributed by atoms with Gasteiger partial charge in [-0.25, -0.2) is 9.97 Å². The number of aromatic nitrogens is 3. The van der Waals surface area contributed by atoms with Crippen LogP contribution >= 0.6 is 11.3 Å². The summed E-state index contributed by atoms with van der Waals surface area (Å²) in [7, 11) is 0. The Kier molecular flexibility index (Phi) is 4.31. The number of nitrogens with one attached hydrogen (secondary N) is 1. The number of hydrogen-bond donors (Lipinski definition) is 1. The molecular formula is C14H19N5OS. The van der Waals surface area contributed by atoms with Crippen molar-refractivity contribution in [2.75, 3.05) is 26.2 Å². The van der Waals surface area contributed by atoms with E-state index >= 15 is 0 Å². The predicted molar refractivity (Wildman–Crippen MR) is 81.2 cm³/mol. The van der Waals surface area contributed by atoms with Gasteiger partial charge >= 0.3 is 0 Å². The van der Waals surface area contributed by atoms with Crippen molar-refractivity contribution in [2.45, 2.75) is 19.9 Å². The summed E-state index contributed by atoms with van der Waals surface area (Å²) in [4.78, 5) is 27.9. The second-order valence-corrected chi connectivity index (χ2v) is 6.31. The number of thiazole rings is 1. The Labute approximate surface area is 127 Å². The second kappa shape index (κ2) is 6.36. The fourth-order valence-electron chi connectivity index (χ4n) is 2.59. The number of imidazole rings is 1. The van der Waals surface area contributed by atoms with Gasteiger partial charge in [0.2, 0.25) is 0 Å². The molecule has 0 radical (unpaired) electrons. The maximum atomic E-state index is 12.3. The average Bonchev–Trinajstić information content (AvgIpc) is 3.08. The van der Waals surface area contributed by atoms with Gasteiger partial charge in [0.15, 0.2) is 0 Å². The van der Waals surface area contributed by atoms with Gasteiger partial charge in [0.05, 0.1) is 23.2 Å². The van der Waals surface area contributed by atoms with Crippen LogP contribution in [0.2, 0.25) is 0 Å². The summed E-state index contributed by atoms with van der Waals surface area (Å²) in [5.41, 5.74) is 1.70. The highest BCUT2D eigenvalue weighted by molar-refractivity contribution is 7.09. The van der Waals surface area contributed by atoms with E-state index in [4.69, 9.17) is 0 Å². The van der Waals surface area contributed by atoms with Crippen LogP contribution in [0.5, 0.6) is 0 Å². The molecule has 1 fully saturated rings. The van der Waals surface area contributed by atoms with Crippen LogP contribution in [-0.4, -0.2) is 56.8 Å². The molecule has 21 heavy (non-hydrogen) atoms. The van der Waals surface area contributed by atoms with E-state index < -0.39 is 0 Å². The van der Waals surface area contributed by atoms with Crippen molar-refractivity contribution in [1.29, 1.82) is 0 Å². The van der Waals surface area contributed by atoms with E-state index in [0.717, 1.165) is 49.8 Å². The molecule has 0 atom stereocenters. The highest BCUT2D eigenvalue weighted by atomic mass is 32.1. The van der Waals surface area contributed by atoms with Gasteiger partial charge in [-0.05, 0) is 13.3 Å². The number of carbonyl (C=O) groups is 1. The normalized spacial score (nSPS) is 16.9.